The summed E-state index contributed by atoms with van der Waals surface area (Å²) in [6.45, 7) is 7.48. The molecule has 2 aromatic rings. The Morgan fingerprint density at radius 3 is 2.58 bits per heavy atom. The zero-order chi connectivity index (χ0) is 14.2. The number of aromatic nitrogens is 1. The molecule has 0 saturated carbocycles. The maximum absolute atomic E-state index is 12.1. The van der Waals surface area contributed by atoms with Gasteiger partial charge in [0.25, 0.3) is 0 Å². The average Bonchev–Trinajstić information content (AvgIpc) is 2.69. The van der Waals surface area contributed by atoms with Gasteiger partial charge in [-0.25, -0.2) is 4.79 Å². The molecule has 1 heterocycles. The van der Waals surface area contributed by atoms with Crippen molar-refractivity contribution in [3.8, 4) is 0 Å². The van der Waals surface area contributed by atoms with Crippen molar-refractivity contribution in [3.63, 3.8) is 0 Å². The molecule has 102 valence electrons. The van der Waals surface area contributed by atoms with Gasteiger partial charge in [0, 0.05) is 17.6 Å². The Hall–Kier alpha value is -1.81. The van der Waals surface area contributed by atoms with E-state index >= 15 is 0 Å². The van der Waals surface area contributed by atoms with Crippen LogP contribution in [0.25, 0.3) is 10.9 Å². The third-order valence-corrected chi connectivity index (χ3v) is 2.85. The molecule has 1 aromatic heterocycles. The van der Waals surface area contributed by atoms with Gasteiger partial charge in [-0.3, -0.25) is 4.57 Å². The van der Waals surface area contributed by atoms with Crippen molar-refractivity contribution >= 4 is 17.0 Å². The van der Waals surface area contributed by atoms with Gasteiger partial charge in [0.2, 0.25) is 0 Å². The monoisotopic (exact) mass is 260 g/mol. The number of fused-ring (bicyclic) bond motifs is 1. The Kier molecular flexibility index (Phi) is 3.37. The lowest BCUT2D eigenvalue weighted by molar-refractivity contribution is 0.0544. The molecule has 1 atom stereocenters. The summed E-state index contributed by atoms with van der Waals surface area (Å²) in [5, 5.41) is 0.989. The van der Waals surface area contributed by atoms with Gasteiger partial charge in [-0.15, -0.1) is 0 Å². The highest BCUT2D eigenvalue weighted by atomic mass is 16.6. The van der Waals surface area contributed by atoms with Gasteiger partial charge in [-0.2, -0.15) is 0 Å². The van der Waals surface area contributed by atoms with Crippen LogP contribution < -0.4 is 5.73 Å². The molecule has 1 aromatic carbocycles. The van der Waals surface area contributed by atoms with E-state index in [1.54, 1.807) is 6.20 Å². The lowest BCUT2D eigenvalue weighted by atomic mass is 10.0. The summed E-state index contributed by atoms with van der Waals surface area (Å²) >= 11 is 0. The predicted molar refractivity (Wildman–Crippen MR) is 76.2 cm³/mol. The molecular formula is C15H20N2O2. The molecule has 4 heteroatoms. The number of nitrogens with zero attached hydrogens (tertiary/aromatic N) is 1. The molecule has 0 fully saturated rings. The molecule has 1 unspecified atom stereocenters. The number of rotatable bonds is 1. The number of benzene rings is 1. The number of ether oxygens (including phenoxy) is 1. The summed E-state index contributed by atoms with van der Waals surface area (Å²) < 4.78 is 6.90. The second kappa shape index (κ2) is 4.70. The average molecular weight is 260 g/mol. The Balaban J connectivity index is 2.47. The number of nitrogens with two attached hydrogens (primary N) is 1. The maximum atomic E-state index is 12.1. The minimum absolute atomic E-state index is 0.0711. The van der Waals surface area contributed by atoms with Crippen molar-refractivity contribution in [1.29, 1.82) is 0 Å². The quantitative estimate of drug-likeness (QED) is 0.854. The normalized spacial score (nSPS) is 13.5. The first kappa shape index (κ1) is 13.6. The van der Waals surface area contributed by atoms with E-state index in [4.69, 9.17) is 10.5 Å². The molecular weight excluding hydrogens is 240 g/mol. The Morgan fingerprint density at radius 2 is 2.00 bits per heavy atom. The van der Waals surface area contributed by atoms with Gasteiger partial charge in [0.05, 0.1) is 5.52 Å². The summed E-state index contributed by atoms with van der Waals surface area (Å²) in [7, 11) is 0. The van der Waals surface area contributed by atoms with E-state index in [0.29, 0.717) is 0 Å². The van der Waals surface area contributed by atoms with Crippen molar-refractivity contribution in [1.82, 2.24) is 4.57 Å². The van der Waals surface area contributed by atoms with Crippen molar-refractivity contribution in [2.24, 2.45) is 5.73 Å². The highest BCUT2D eigenvalue weighted by Gasteiger charge is 2.19. The molecule has 19 heavy (non-hydrogen) atoms. The van der Waals surface area contributed by atoms with Crippen LogP contribution in [0, 0.1) is 0 Å². The van der Waals surface area contributed by atoms with Crippen LogP contribution in [0.1, 0.15) is 39.3 Å². The van der Waals surface area contributed by atoms with E-state index in [1.165, 1.54) is 4.57 Å². The smallest absolute Gasteiger partial charge is 0.418 e. The first-order chi connectivity index (χ1) is 8.79. The van der Waals surface area contributed by atoms with Crippen LogP contribution in [0.2, 0.25) is 0 Å². The molecule has 0 aliphatic carbocycles. The number of carbonyl (C=O) groups excluding carboxylic acids is 1. The Labute approximate surface area is 113 Å². The molecule has 0 aliphatic rings. The van der Waals surface area contributed by atoms with Crippen LogP contribution in [0.4, 0.5) is 4.79 Å². The third kappa shape index (κ3) is 2.79. The summed E-state index contributed by atoms with van der Waals surface area (Å²) in [5.74, 6) is 0. The molecule has 0 aliphatic heterocycles. The van der Waals surface area contributed by atoms with Crippen LogP contribution in [-0.4, -0.2) is 16.3 Å². The van der Waals surface area contributed by atoms with Crippen molar-refractivity contribution in [3.05, 3.63) is 36.0 Å². The van der Waals surface area contributed by atoms with E-state index in [-0.39, 0.29) is 12.1 Å². The molecule has 2 rings (SSSR count). The molecule has 0 amide bonds. The van der Waals surface area contributed by atoms with Gasteiger partial charge in [-0.05, 0) is 45.4 Å². The lowest BCUT2D eigenvalue weighted by Crippen LogP contribution is -2.26. The topological polar surface area (TPSA) is 57.2 Å². The first-order valence-corrected chi connectivity index (χ1v) is 6.38. The number of hydrogen-bond donors (Lipinski definition) is 1. The van der Waals surface area contributed by atoms with Gasteiger partial charge < -0.3 is 10.5 Å². The van der Waals surface area contributed by atoms with Gasteiger partial charge in [-0.1, -0.05) is 12.1 Å². The fourth-order valence-corrected chi connectivity index (χ4v) is 2.06. The van der Waals surface area contributed by atoms with Gasteiger partial charge >= 0.3 is 6.09 Å². The highest BCUT2D eigenvalue weighted by molar-refractivity contribution is 5.91. The standard InChI is InChI=1S/C15H20N2O2/c1-10(16)11-6-5-7-13-12(11)8-9-17(13)14(18)19-15(2,3)4/h5-10H,16H2,1-4H3. The van der Waals surface area contributed by atoms with Gasteiger partial charge in [0.15, 0.2) is 0 Å². The van der Waals surface area contributed by atoms with E-state index < -0.39 is 5.60 Å². The number of hydrogen-bond acceptors (Lipinski definition) is 3. The summed E-state index contributed by atoms with van der Waals surface area (Å²) in [6.07, 6.45) is 1.36. The zero-order valence-corrected chi connectivity index (χ0v) is 11.8. The summed E-state index contributed by atoms with van der Waals surface area (Å²) in [6, 6.07) is 7.61. The van der Waals surface area contributed by atoms with Crippen LogP contribution in [0.5, 0.6) is 0 Å². The molecule has 2 N–H and O–H groups in total. The van der Waals surface area contributed by atoms with Crippen LogP contribution in [0.15, 0.2) is 30.5 Å². The molecule has 0 bridgehead atoms. The zero-order valence-electron chi connectivity index (χ0n) is 11.8. The molecule has 0 saturated heterocycles. The minimum Gasteiger partial charge on any atom is -0.443 e. The second-order valence-electron chi connectivity index (χ2n) is 5.73. The molecule has 4 nitrogen and oxygen atoms in total. The van der Waals surface area contributed by atoms with Crippen molar-refractivity contribution in [2.75, 3.05) is 0 Å². The number of carbonyl (C=O) groups is 1. The largest absolute Gasteiger partial charge is 0.443 e. The first-order valence-electron chi connectivity index (χ1n) is 6.38. The Morgan fingerprint density at radius 1 is 1.32 bits per heavy atom. The van der Waals surface area contributed by atoms with Crippen LogP contribution in [0.3, 0.4) is 0 Å². The fraction of sp³-hybridized carbons (Fsp3) is 0.400. The fourth-order valence-electron chi connectivity index (χ4n) is 2.06. The SMILES string of the molecule is CC(N)c1cccc2c1ccn2C(=O)OC(C)(C)C. The minimum atomic E-state index is -0.507. The highest BCUT2D eigenvalue weighted by Crippen LogP contribution is 2.24. The van der Waals surface area contributed by atoms with E-state index in [2.05, 4.69) is 0 Å². The third-order valence-electron chi connectivity index (χ3n) is 2.85. The van der Waals surface area contributed by atoms with E-state index in [1.807, 2.05) is 52.0 Å². The van der Waals surface area contributed by atoms with E-state index in [9.17, 15) is 4.79 Å². The molecule has 0 radical (unpaired) electrons. The van der Waals surface area contributed by atoms with Crippen molar-refractivity contribution in [2.45, 2.75) is 39.3 Å². The molecule has 0 spiro atoms. The maximum Gasteiger partial charge on any atom is 0.418 e. The van der Waals surface area contributed by atoms with Crippen LogP contribution in [-0.2, 0) is 4.74 Å². The lowest BCUT2D eigenvalue weighted by Gasteiger charge is -2.19. The van der Waals surface area contributed by atoms with Gasteiger partial charge in [0.1, 0.15) is 5.60 Å². The summed E-state index contributed by atoms with van der Waals surface area (Å²) in [5.41, 5.74) is 7.28. The van der Waals surface area contributed by atoms with E-state index in [0.717, 1.165) is 16.5 Å². The summed E-state index contributed by atoms with van der Waals surface area (Å²) in [4.78, 5) is 12.1. The Bertz CT molecular complexity index is 606. The predicted octanol–water partition coefficient (Wildman–Crippen LogP) is 3.44. The van der Waals surface area contributed by atoms with Crippen LogP contribution >= 0.6 is 0 Å². The second-order valence-corrected chi connectivity index (χ2v) is 5.73. The van der Waals surface area contributed by atoms with Crippen molar-refractivity contribution < 1.29 is 9.53 Å².